The van der Waals surface area contributed by atoms with Gasteiger partial charge in [0.15, 0.2) is 30.4 Å². The zero-order valence-corrected chi connectivity index (χ0v) is 95.5. The zero-order valence-electron chi connectivity index (χ0n) is 74.5. The van der Waals surface area contributed by atoms with Crippen molar-refractivity contribution in [1.29, 1.82) is 0 Å². The topological polar surface area (TPSA) is 0 Å². The van der Waals surface area contributed by atoms with Gasteiger partial charge in [-0.2, -0.15) is 0 Å². The summed E-state index contributed by atoms with van der Waals surface area (Å²) in [7, 11) is -55.3. The Morgan fingerprint density at radius 3 is 0.314 bits per heavy atom. The fraction of sp³-hybridized carbons (Fsp3) is 0.524. The molecule has 0 aromatic carbocycles. The van der Waals surface area contributed by atoms with Gasteiger partial charge >= 0.3 is 8.07 Å². The van der Waals surface area contributed by atoms with Crippen LogP contribution in [0.1, 0.15) is 0 Å². The van der Waals surface area contributed by atoms with Crippen molar-refractivity contribution >= 4 is 166 Å². The van der Waals surface area contributed by atoms with E-state index in [9.17, 15) is 0 Å². The van der Waals surface area contributed by atoms with Crippen LogP contribution in [0.3, 0.4) is 0 Å². The van der Waals surface area contributed by atoms with E-state index in [0.29, 0.717) is 24.2 Å². The van der Waals surface area contributed by atoms with Crippen molar-refractivity contribution in [1.82, 2.24) is 0 Å². The average Bonchev–Trinajstić information content (AvgIpc) is 0.767. The molecule has 4 atom stereocenters. The van der Waals surface area contributed by atoms with Gasteiger partial charge in [-0.15, -0.1) is 182 Å². The van der Waals surface area contributed by atoms with Crippen LogP contribution in [-0.2, 0) is 0 Å². The van der Waals surface area contributed by atoms with Crippen LogP contribution in [0.4, 0.5) is 0 Å². The first-order chi connectivity index (χ1) is 46.6. The molecule has 0 aliphatic heterocycles. The first-order valence-electron chi connectivity index (χ1n) is 37.7. The lowest BCUT2D eigenvalue weighted by Gasteiger charge is -2.32. The quantitative estimate of drug-likeness (QED) is 0.104. The second kappa shape index (κ2) is 37.7. The highest BCUT2D eigenvalue weighted by molar-refractivity contribution is 7.57. The monoisotopic (exact) mass is 1740 g/mol. The second-order valence-electron chi connectivity index (χ2n) is 42.0. The van der Waals surface area contributed by atoms with Crippen molar-refractivity contribution in [2.45, 2.75) is 286 Å². The summed E-state index contributed by atoms with van der Waals surface area (Å²) in [5.74, 6) is 0. The van der Waals surface area contributed by atoms with E-state index in [2.05, 4.69) is 490 Å². The largest absolute Gasteiger partial charge is 0.367 e. The van der Waals surface area contributed by atoms with Crippen LogP contribution in [0.2, 0.25) is 286 Å². The van der Waals surface area contributed by atoms with Gasteiger partial charge in [-0.05, 0) is 24.2 Å². The molecule has 0 bridgehead atoms. The Balaban J connectivity index is 13.5. The number of allylic oxidation sites excluding steroid dienone is 4. The molecule has 0 rings (SSSR count). The number of rotatable bonds is 12. The maximum Gasteiger partial charge on any atom is 0.367 e. The first kappa shape index (κ1) is 101. The molecular weight excluding hydrogens is 1600 g/mol. The summed E-state index contributed by atoms with van der Waals surface area (Å²) in [6.07, 6.45) is 8.37. The Labute approximate surface area is 672 Å². The van der Waals surface area contributed by atoms with E-state index in [1.807, 2.05) is 0 Å². The number of hydrogen-bond acceptors (Lipinski definition) is 0. The third kappa shape index (κ3) is 37.8. The highest BCUT2D eigenvalue weighted by Crippen LogP contribution is 2.30. The van der Waals surface area contributed by atoms with Crippen LogP contribution in [0.25, 0.3) is 0 Å². The number of hydrogen-bond donors (Lipinski definition) is 0. The van der Waals surface area contributed by atoms with E-state index in [4.69, 9.17) is 0 Å². The standard InChI is InChI=1S/C84H140Si21/c1-45-49-97(41,102(73-53-85(5,6)7,74-54-86(8,9)10)75-55-87(11,12)13)65-69-101(70-66-98(42,50-46-2)103(76-56-88(14,15)16,77-57-89(17,18)19)78-58-90(20,21)22,71-67-99(43,51-47-3)104(79-59-91(23,24)25,80-60-92(26,27)28)81-61-93(29,30)31)72-68-100(44,52-48-4)105(82-62-94(32,33)34,83-63-95(35,36)37)84-64-96(38,39)40/h45-48H,1-4,49-52H2,5-44H3. The fourth-order valence-corrected chi connectivity index (χ4v) is 79.0. The van der Waals surface area contributed by atoms with Gasteiger partial charge in [-0.3, -0.25) is 0 Å². The molecule has 0 aliphatic rings. The molecule has 0 aliphatic carbocycles. The summed E-state index contributed by atoms with van der Waals surface area (Å²) >= 11 is 0. The molecule has 560 valence electrons. The van der Waals surface area contributed by atoms with Gasteiger partial charge in [0.25, 0.3) is 30.4 Å². The van der Waals surface area contributed by atoms with Crippen molar-refractivity contribution < 1.29 is 0 Å². The molecule has 0 aromatic heterocycles. The lowest BCUT2D eigenvalue weighted by molar-refractivity contribution is 1.64. The van der Waals surface area contributed by atoms with Gasteiger partial charge in [-0.1, -0.05) is 308 Å². The van der Waals surface area contributed by atoms with Crippen molar-refractivity contribution in [3.63, 3.8) is 0 Å². The van der Waals surface area contributed by atoms with Gasteiger partial charge in [0.05, 0.1) is 0 Å². The predicted molar refractivity (Wildman–Crippen MR) is 540 cm³/mol. The van der Waals surface area contributed by atoms with Gasteiger partial charge in [0.2, 0.25) is 0 Å². The lowest BCUT2D eigenvalue weighted by atomic mass is 10.8. The molecule has 0 radical (unpaired) electrons. The van der Waals surface area contributed by atoms with Crippen LogP contribution >= 0.6 is 0 Å². The summed E-state index contributed by atoms with van der Waals surface area (Å²) in [5, 5.41) is 0. The Bertz CT molecular complexity index is 3490. The van der Waals surface area contributed by atoms with Gasteiger partial charge < -0.3 is 0 Å². The molecule has 0 fully saturated rings. The molecule has 0 heterocycles. The van der Waals surface area contributed by atoms with Crippen molar-refractivity contribution in [3.05, 3.63) is 50.6 Å². The van der Waals surface area contributed by atoms with Gasteiger partial charge in [-0.25, -0.2) is 0 Å². The smallest absolute Gasteiger partial charge is 0.137 e. The predicted octanol–water partition coefficient (Wildman–Crippen LogP) is 20.0. The molecular formula is C84H140Si21. The highest BCUT2D eigenvalue weighted by Gasteiger charge is 2.55. The maximum absolute atomic E-state index is 4.60. The van der Waals surface area contributed by atoms with E-state index in [0.717, 1.165) is 0 Å². The minimum absolute atomic E-state index is 0.628. The van der Waals surface area contributed by atoms with Crippen molar-refractivity contribution in [3.8, 4) is 177 Å². The van der Waals surface area contributed by atoms with E-state index in [-0.39, 0.29) is 0 Å². The maximum atomic E-state index is 4.60. The van der Waals surface area contributed by atoms with E-state index < -0.39 is 166 Å². The van der Waals surface area contributed by atoms with Crippen LogP contribution in [0.5, 0.6) is 0 Å². The van der Waals surface area contributed by atoms with Crippen molar-refractivity contribution in [2.24, 2.45) is 0 Å². The van der Waals surface area contributed by atoms with E-state index >= 15 is 0 Å². The molecule has 0 N–H and O–H groups in total. The lowest BCUT2D eigenvalue weighted by Crippen LogP contribution is -2.61. The Morgan fingerprint density at radius 2 is 0.238 bits per heavy atom. The molecule has 0 nitrogen and oxygen atoms in total. The van der Waals surface area contributed by atoms with Crippen LogP contribution in [0, 0.1) is 177 Å². The summed E-state index contributed by atoms with van der Waals surface area (Å²) < 4.78 is 0. The van der Waals surface area contributed by atoms with E-state index in [1.54, 1.807) is 0 Å². The molecule has 0 amide bonds. The SMILES string of the molecule is C=CC[Si](C)(C#C[Si](C#C[Si](C)(CC=C)[Si](C#C[Si](C)(C)C)(C#C[Si](C)(C)C)C#C[Si](C)(C)C)(C#C[Si](C)(CC=C)[Si](C#C[Si](C)(C)C)(C#C[Si](C)(C)C)C#C[Si](C)(C)C)C#C[Si](C)(CC=C)[Si](C#C[Si](C)(C)C)(C#C[Si](C)(C)C)C#C[Si](C)(C)C)[Si](C#C[Si](C)(C)C)(C#C[Si](C)(C)C)C#C[Si](C)(C)C. The molecule has 0 saturated heterocycles. The van der Waals surface area contributed by atoms with Crippen LogP contribution in [-0.4, -0.2) is 166 Å². The van der Waals surface area contributed by atoms with E-state index in [1.165, 1.54) is 0 Å². The zero-order chi connectivity index (χ0) is 82.8. The Kier molecular flexibility index (Phi) is 36.4. The molecule has 105 heavy (non-hydrogen) atoms. The average molecular weight is 1740 g/mol. The molecule has 0 saturated carbocycles. The van der Waals surface area contributed by atoms with Gasteiger partial charge in [0.1, 0.15) is 96.9 Å². The first-order valence-corrected chi connectivity index (χ1v) is 105. The normalized spacial score (nSPS) is 15.1. The summed E-state index contributed by atoms with van der Waals surface area (Å²) in [6, 6.07) is 2.51. The minimum Gasteiger partial charge on any atom is -0.137 e. The fourth-order valence-electron chi connectivity index (χ4n) is 8.87. The summed E-state index contributed by atoms with van der Waals surface area (Å²) in [4.78, 5) is 0. The molecule has 21 heteroatoms. The third-order valence-corrected chi connectivity index (χ3v) is 79.7. The van der Waals surface area contributed by atoms with Gasteiger partial charge in [0, 0.05) is 0 Å². The second-order valence-corrected chi connectivity index (χ2v) is 146. The minimum atomic E-state index is -4.21. The van der Waals surface area contributed by atoms with Crippen molar-refractivity contribution in [2.75, 3.05) is 0 Å². The highest BCUT2D eigenvalue weighted by atomic mass is 29.3. The summed E-state index contributed by atoms with van der Waals surface area (Å²) in [5.41, 5.74) is 133. The molecule has 0 spiro atoms. The Morgan fingerprint density at radius 1 is 0.143 bits per heavy atom. The third-order valence-electron chi connectivity index (χ3n) is 15.1. The molecule has 0 aromatic rings. The summed E-state index contributed by atoms with van der Waals surface area (Å²) in [6.45, 7) is 112. The Hall–Kier alpha value is -3.53. The van der Waals surface area contributed by atoms with Crippen LogP contribution in [0.15, 0.2) is 50.6 Å². The molecule has 4 unspecified atom stereocenters. The van der Waals surface area contributed by atoms with Crippen LogP contribution < -0.4 is 0 Å².